The van der Waals surface area contributed by atoms with Gasteiger partial charge in [-0.05, 0) is 74.3 Å². The van der Waals surface area contributed by atoms with Crippen molar-refractivity contribution in [1.29, 1.82) is 0 Å². The van der Waals surface area contributed by atoms with Gasteiger partial charge < -0.3 is 16.0 Å². The van der Waals surface area contributed by atoms with Crippen molar-refractivity contribution in [3.63, 3.8) is 0 Å². The molecule has 0 aromatic heterocycles. The van der Waals surface area contributed by atoms with Crippen molar-refractivity contribution in [2.75, 3.05) is 23.3 Å². The molecule has 3 aliphatic rings. The average molecular weight is 436 g/mol. The topological polar surface area (TPSA) is 41.3 Å². The Bertz CT molecular complexity index is 797. The Labute approximate surface area is 196 Å². The van der Waals surface area contributed by atoms with E-state index in [-0.39, 0.29) is 6.04 Å². The number of allylic oxidation sites excluding steroid dienone is 3. The molecule has 0 radical (unpaired) electrons. The molecular formula is C29H45N3. The molecule has 1 saturated heterocycles. The molecule has 32 heavy (non-hydrogen) atoms. The Hall–Kier alpha value is -2.00. The minimum absolute atomic E-state index is 0.254. The number of nitrogens with zero attached hydrogens (tertiary/aromatic N) is 1. The summed E-state index contributed by atoms with van der Waals surface area (Å²) in [5.74, 6) is 2.33. The monoisotopic (exact) mass is 435 g/mol. The van der Waals surface area contributed by atoms with Crippen molar-refractivity contribution in [3.05, 3.63) is 54.8 Å². The van der Waals surface area contributed by atoms with Gasteiger partial charge in [-0.25, -0.2) is 0 Å². The predicted molar refractivity (Wildman–Crippen MR) is 142 cm³/mol. The Morgan fingerprint density at radius 1 is 1.12 bits per heavy atom. The van der Waals surface area contributed by atoms with Gasteiger partial charge in [0.05, 0.1) is 5.69 Å². The molecule has 2 unspecified atom stereocenters. The third-order valence-corrected chi connectivity index (χ3v) is 7.45. The molecule has 1 aromatic rings. The van der Waals surface area contributed by atoms with E-state index in [1.807, 2.05) is 6.08 Å². The van der Waals surface area contributed by atoms with E-state index in [4.69, 9.17) is 5.73 Å². The van der Waals surface area contributed by atoms with Crippen molar-refractivity contribution in [1.82, 2.24) is 0 Å². The fourth-order valence-corrected chi connectivity index (χ4v) is 5.10. The summed E-state index contributed by atoms with van der Waals surface area (Å²) in [6.07, 6.45) is 17.3. The first kappa shape index (κ1) is 24.6. The second-order valence-corrected chi connectivity index (χ2v) is 10.2. The fourth-order valence-electron chi connectivity index (χ4n) is 5.10. The zero-order valence-electron chi connectivity index (χ0n) is 20.7. The number of hydrogen-bond donors (Lipinski definition) is 2. The van der Waals surface area contributed by atoms with Crippen molar-refractivity contribution in [2.45, 2.75) is 78.2 Å². The van der Waals surface area contributed by atoms with Gasteiger partial charge in [-0.15, -0.1) is 0 Å². The van der Waals surface area contributed by atoms with E-state index in [1.54, 1.807) is 6.20 Å². The maximum Gasteiger partial charge on any atom is 0.0509 e. The summed E-state index contributed by atoms with van der Waals surface area (Å²) >= 11 is 0. The van der Waals surface area contributed by atoms with Crippen molar-refractivity contribution in [3.8, 4) is 0 Å². The van der Waals surface area contributed by atoms with Crippen LogP contribution in [0.25, 0.3) is 5.57 Å². The third-order valence-electron chi connectivity index (χ3n) is 7.45. The highest BCUT2D eigenvalue weighted by Gasteiger charge is 2.27. The van der Waals surface area contributed by atoms with Gasteiger partial charge in [0.1, 0.15) is 0 Å². The molecule has 4 rings (SSSR count). The summed E-state index contributed by atoms with van der Waals surface area (Å²) in [6.45, 7) is 16.7. The van der Waals surface area contributed by atoms with Crippen LogP contribution in [0.4, 0.5) is 11.4 Å². The molecule has 1 aromatic carbocycles. The lowest BCUT2D eigenvalue weighted by Gasteiger charge is -2.25. The van der Waals surface area contributed by atoms with Crippen LogP contribution in [0.3, 0.4) is 0 Å². The molecule has 2 aliphatic carbocycles. The van der Waals surface area contributed by atoms with Crippen molar-refractivity contribution < 1.29 is 0 Å². The molecule has 2 saturated carbocycles. The summed E-state index contributed by atoms with van der Waals surface area (Å²) < 4.78 is 0. The molecule has 1 aliphatic heterocycles. The summed E-state index contributed by atoms with van der Waals surface area (Å²) in [4.78, 5) is 2.47. The molecule has 3 nitrogen and oxygen atoms in total. The Morgan fingerprint density at radius 2 is 1.84 bits per heavy atom. The smallest absolute Gasteiger partial charge is 0.0509 e. The number of rotatable bonds is 7. The van der Waals surface area contributed by atoms with Gasteiger partial charge in [-0.2, -0.15) is 0 Å². The first-order valence-corrected chi connectivity index (χ1v) is 12.8. The summed E-state index contributed by atoms with van der Waals surface area (Å²) in [5, 5.41) is 3.37. The van der Waals surface area contributed by atoms with Gasteiger partial charge in [0.15, 0.2) is 0 Å². The van der Waals surface area contributed by atoms with E-state index in [2.05, 4.69) is 62.4 Å². The first-order chi connectivity index (χ1) is 15.4. The van der Waals surface area contributed by atoms with Crippen LogP contribution in [0.15, 0.2) is 43.6 Å². The van der Waals surface area contributed by atoms with Crippen LogP contribution < -0.4 is 16.0 Å². The normalized spacial score (nSPS) is 22.7. The molecular weight excluding hydrogens is 390 g/mol. The Balaban J connectivity index is 0.000000352. The van der Waals surface area contributed by atoms with E-state index < -0.39 is 0 Å². The lowest BCUT2D eigenvalue weighted by Crippen LogP contribution is -2.30. The number of hydrogen-bond acceptors (Lipinski definition) is 3. The molecule has 0 spiro atoms. The summed E-state index contributed by atoms with van der Waals surface area (Å²) in [6, 6.07) is 4.74. The minimum Gasteiger partial charge on any atom is -0.371 e. The van der Waals surface area contributed by atoms with E-state index in [0.717, 1.165) is 30.6 Å². The second-order valence-electron chi connectivity index (χ2n) is 10.2. The number of benzene rings is 1. The van der Waals surface area contributed by atoms with E-state index in [1.165, 1.54) is 73.8 Å². The molecule has 2 atom stereocenters. The largest absolute Gasteiger partial charge is 0.371 e. The van der Waals surface area contributed by atoms with Gasteiger partial charge in [-0.3, -0.25) is 0 Å². The molecule has 0 bridgehead atoms. The van der Waals surface area contributed by atoms with E-state index in [0.29, 0.717) is 5.92 Å². The number of nitrogens with two attached hydrogens (primary N) is 1. The lowest BCUT2D eigenvalue weighted by molar-refractivity contribution is 0.385. The van der Waals surface area contributed by atoms with Gasteiger partial charge in [-0.1, -0.05) is 70.4 Å². The zero-order chi connectivity index (χ0) is 23.1. The van der Waals surface area contributed by atoms with Crippen LogP contribution in [0, 0.1) is 24.7 Å². The average Bonchev–Trinajstić information content (AvgIpc) is 3.47. The maximum atomic E-state index is 6.12. The highest BCUT2D eigenvalue weighted by molar-refractivity contribution is 5.86. The molecule has 3 fully saturated rings. The quantitative estimate of drug-likeness (QED) is 0.442. The predicted octanol–water partition coefficient (Wildman–Crippen LogP) is 7.29. The summed E-state index contributed by atoms with van der Waals surface area (Å²) in [7, 11) is 0. The van der Waals surface area contributed by atoms with Gasteiger partial charge in [0.2, 0.25) is 0 Å². The van der Waals surface area contributed by atoms with E-state index >= 15 is 0 Å². The van der Waals surface area contributed by atoms with Crippen molar-refractivity contribution >= 4 is 16.9 Å². The van der Waals surface area contributed by atoms with Crippen LogP contribution in [-0.2, 0) is 0 Å². The molecule has 1 heterocycles. The lowest BCUT2D eigenvalue weighted by atomic mass is 9.91. The zero-order valence-corrected chi connectivity index (χ0v) is 20.7. The molecule has 3 N–H and O–H groups in total. The number of nitrogens with one attached hydrogen (secondary N) is 1. The van der Waals surface area contributed by atoms with E-state index in [9.17, 15) is 0 Å². The SMILES string of the molecule is C=CNc1c(/C(C=C)=C\C2CC2)ccc(N2CCC(C(C)N)C2)c1C.CC1CCCCC1. The number of anilines is 2. The van der Waals surface area contributed by atoms with Gasteiger partial charge in [0.25, 0.3) is 0 Å². The highest BCUT2D eigenvalue weighted by Crippen LogP contribution is 2.39. The van der Waals surface area contributed by atoms with Crippen LogP contribution in [0.5, 0.6) is 0 Å². The highest BCUT2D eigenvalue weighted by atomic mass is 15.2. The Morgan fingerprint density at radius 3 is 2.34 bits per heavy atom. The van der Waals surface area contributed by atoms with Gasteiger partial charge in [0, 0.05) is 30.4 Å². The maximum absolute atomic E-state index is 6.12. The Kier molecular flexibility index (Phi) is 9.04. The first-order valence-electron chi connectivity index (χ1n) is 12.8. The van der Waals surface area contributed by atoms with Crippen LogP contribution in [0.1, 0.15) is 76.3 Å². The molecule has 0 amide bonds. The molecule has 3 heteroatoms. The standard InChI is InChI=1S/C22H31N3.C7H14/c1-5-18(13-17-7-8-17)20-9-10-21(15(3)22(20)24-6-2)25-12-11-19(14-25)16(4)23;1-7-5-3-2-4-6-7/h5-6,9-10,13,16-17,19,24H,1-2,7-8,11-12,14,23H2,3-4H3;7H,2-6H2,1H3/b18-13-;. The third kappa shape index (κ3) is 6.51. The molecule has 176 valence electrons. The van der Waals surface area contributed by atoms with Crippen LogP contribution >= 0.6 is 0 Å². The fraction of sp³-hybridized carbons (Fsp3) is 0.586. The van der Waals surface area contributed by atoms with Gasteiger partial charge >= 0.3 is 0 Å². The van der Waals surface area contributed by atoms with Crippen LogP contribution in [-0.4, -0.2) is 19.1 Å². The summed E-state index contributed by atoms with van der Waals surface area (Å²) in [5.41, 5.74) is 12.3. The second kappa shape index (κ2) is 11.7. The van der Waals surface area contributed by atoms with Crippen LogP contribution in [0.2, 0.25) is 0 Å². The van der Waals surface area contributed by atoms with Crippen molar-refractivity contribution in [2.24, 2.45) is 23.5 Å². The minimum atomic E-state index is 0.254.